The summed E-state index contributed by atoms with van der Waals surface area (Å²) in [7, 11) is 0. The van der Waals surface area contributed by atoms with Gasteiger partial charge in [0.15, 0.2) is 5.82 Å². The van der Waals surface area contributed by atoms with Crippen LogP contribution in [-0.2, 0) is 0 Å². The number of aryl methyl sites for hydroxylation is 1. The van der Waals surface area contributed by atoms with E-state index in [4.69, 9.17) is 0 Å². The maximum absolute atomic E-state index is 12.6. The van der Waals surface area contributed by atoms with Crippen molar-refractivity contribution in [3.8, 4) is 11.4 Å². The predicted molar refractivity (Wildman–Crippen MR) is 89.2 cm³/mol. The molecular formula is C18H22N4O2. The smallest absolute Gasteiger partial charge is 0.251 e. The largest absolute Gasteiger partial charge is 0.396 e. The van der Waals surface area contributed by atoms with E-state index in [0.717, 1.165) is 24.2 Å². The molecule has 126 valence electrons. The Kier molecular flexibility index (Phi) is 3.84. The minimum atomic E-state index is -0.0660. The normalized spacial score (nSPS) is 28.2. The van der Waals surface area contributed by atoms with Crippen LogP contribution >= 0.6 is 0 Å². The summed E-state index contributed by atoms with van der Waals surface area (Å²) in [4.78, 5) is 16.9. The lowest BCUT2D eigenvalue weighted by atomic mass is 9.85. The number of nitrogens with one attached hydrogen (secondary N) is 2. The molecule has 1 aromatic heterocycles. The molecule has 2 aliphatic rings. The predicted octanol–water partition coefficient (Wildman–Crippen LogP) is 1.92. The number of fused-ring (bicyclic) bond motifs is 2. The second-order valence-corrected chi connectivity index (χ2v) is 7.00. The van der Waals surface area contributed by atoms with Crippen LogP contribution in [0.1, 0.15) is 35.4 Å². The zero-order valence-corrected chi connectivity index (χ0v) is 13.7. The molecule has 1 amide bonds. The number of carbonyl (C=O) groups is 1. The number of hydrogen-bond donors (Lipinski definition) is 3. The summed E-state index contributed by atoms with van der Waals surface area (Å²) in [5.41, 5.74) is 1.51. The maximum atomic E-state index is 12.6. The van der Waals surface area contributed by atoms with Crippen molar-refractivity contribution in [3.63, 3.8) is 0 Å². The quantitative estimate of drug-likeness (QED) is 0.800. The lowest BCUT2D eigenvalue weighted by Gasteiger charge is -2.30. The molecule has 6 nitrogen and oxygen atoms in total. The Morgan fingerprint density at radius 2 is 2.04 bits per heavy atom. The summed E-state index contributed by atoms with van der Waals surface area (Å²) < 4.78 is 0. The molecule has 0 radical (unpaired) electrons. The van der Waals surface area contributed by atoms with E-state index in [2.05, 4.69) is 20.5 Å². The van der Waals surface area contributed by atoms with Gasteiger partial charge in [-0.15, -0.1) is 0 Å². The van der Waals surface area contributed by atoms with Gasteiger partial charge in [-0.3, -0.25) is 9.89 Å². The zero-order chi connectivity index (χ0) is 16.7. The average molecular weight is 326 g/mol. The van der Waals surface area contributed by atoms with Crippen molar-refractivity contribution in [1.29, 1.82) is 0 Å². The van der Waals surface area contributed by atoms with Crippen molar-refractivity contribution in [2.45, 2.75) is 32.2 Å². The lowest BCUT2D eigenvalue weighted by Crippen LogP contribution is -2.45. The molecule has 4 rings (SSSR count). The van der Waals surface area contributed by atoms with Gasteiger partial charge in [-0.25, -0.2) is 4.98 Å². The molecule has 2 bridgehead atoms. The van der Waals surface area contributed by atoms with Crippen LogP contribution in [0.3, 0.4) is 0 Å². The Bertz CT molecular complexity index is 740. The molecule has 1 heterocycles. The monoisotopic (exact) mass is 326 g/mol. The Morgan fingerprint density at radius 3 is 2.71 bits per heavy atom. The van der Waals surface area contributed by atoms with E-state index in [1.807, 2.05) is 19.1 Å². The fraction of sp³-hybridized carbons (Fsp3) is 0.500. The highest BCUT2D eigenvalue weighted by Crippen LogP contribution is 2.48. The van der Waals surface area contributed by atoms with Gasteiger partial charge in [-0.2, -0.15) is 5.10 Å². The van der Waals surface area contributed by atoms with Crippen molar-refractivity contribution >= 4 is 5.91 Å². The number of aromatic nitrogens is 3. The summed E-state index contributed by atoms with van der Waals surface area (Å²) in [5, 5.41) is 19.7. The molecule has 1 aromatic carbocycles. The third-order valence-corrected chi connectivity index (χ3v) is 5.60. The minimum absolute atomic E-state index is 0.0660. The van der Waals surface area contributed by atoms with Gasteiger partial charge >= 0.3 is 0 Å². The Morgan fingerprint density at radius 1 is 1.29 bits per heavy atom. The highest BCUT2D eigenvalue weighted by atomic mass is 16.3. The summed E-state index contributed by atoms with van der Waals surface area (Å²) in [5.74, 6) is 2.63. The molecule has 2 fully saturated rings. The molecule has 6 heteroatoms. The topological polar surface area (TPSA) is 90.9 Å². The number of carbonyl (C=O) groups excluding carboxylic acids is 1. The fourth-order valence-electron chi connectivity index (χ4n) is 4.38. The molecule has 3 N–H and O–H groups in total. The van der Waals surface area contributed by atoms with Crippen molar-refractivity contribution in [2.24, 2.45) is 17.8 Å². The third kappa shape index (κ3) is 2.60. The van der Waals surface area contributed by atoms with Crippen LogP contribution in [-0.4, -0.2) is 38.8 Å². The summed E-state index contributed by atoms with van der Waals surface area (Å²) in [6, 6.07) is 7.44. The molecule has 4 atom stereocenters. The first-order valence-electron chi connectivity index (χ1n) is 8.57. The Hall–Kier alpha value is -2.21. The van der Waals surface area contributed by atoms with Crippen molar-refractivity contribution in [2.75, 3.05) is 6.61 Å². The molecule has 2 saturated carbocycles. The molecule has 0 saturated heterocycles. The first-order valence-corrected chi connectivity index (χ1v) is 8.57. The van der Waals surface area contributed by atoms with E-state index in [1.165, 1.54) is 6.42 Å². The van der Waals surface area contributed by atoms with Gasteiger partial charge in [0.05, 0.1) is 0 Å². The standard InChI is InChI=1S/C18H22N4O2/c1-10-19-17(22-21-10)11-2-4-12(5-3-11)18(24)20-16-14-7-6-13(8-14)15(16)9-23/h2-5,13-16,23H,6-9H2,1H3,(H,20,24)(H,19,21,22). The Balaban J connectivity index is 1.47. The van der Waals surface area contributed by atoms with Gasteiger partial charge < -0.3 is 10.4 Å². The average Bonchev–Trinajstić information content (AvgIpc) is 3.31. The van der Waals surface area contributed by atoms with E-state index in [9.17, 15) is 9.90 Å². The van der Waals surface area contributed by atoms with E-state index in [1.54, 1.807) is 12.1 Å². The molecule has 2 aromatic rings. The molecule has 24 heavy (non-hydrogen) atoms. The van der Waals surface area contributed by atoms with Crippen LogP contribution in [0.25, 0.3) is 11.4 Å². The highest BCUT2D eigenvalue weighted by molar-refractivity contribution is 5.94. The number of benzene rings is 1. The van der Waals surface area contributed by atoms with Gasteiger partial charge in [-0.05, 0) is 50.2 Å². The van der Waals surface area contributed by atoms with Crippen LogP contribution in [0.4, 0.5) is 0 Å². The van der Waals surface area contributed by atoms with Crippen molar-refractivity contribution in [1.82, 2.24) is 20.5 Å². The number of amides is 1. The fourth-order valence-corrected chi connectivity index (χ4v) is 4.38. The molecule has 4 unspecified atom stereocenters. The second-order valence-electron chi connectivity index (χ2n) is 7.00. The van der Waals surface area contributed by atoms with E-state index in [-0.39, 0.29) is 24.5 Å². The van der Waals surface area contributed by atoms with Crippen LogP contribution in [0.5, 0.6) is 0 Å². The van der Waals surface area contributed by atoms with Gasteiger partial charge in [0.25, 0.3) is 5.91 Å². The summed E-state index contributed by atoms with van der Waals surface area (Å²) in [6.45, 7) is 2.01. The van der Waals surface area contributed by atoms with Crippen molar-refractivity contribution < 1.29 is 9.90 Å². The van der Waals surface area contributed by atoms with Gasteiger partial charge in [0.1, 0.15) is 5.82 Å². The summed E-state index contributed by atoms with van der Waals surface area (Å²) >= 11 is 0. The highest BCUT2D eigenvalue weighted by Gasteiger charge is 2.47. The number of rotatable bonds is 4. The maximum Gasteiger partial charge on any atom is 0.251 e. The molecule has 0 aliphatic heterocycles. The van der Waals surface area contributed by atoms with Crippen LogP contribution in [0.2, 0.25) is 0 Å². The first kappa shape index (κ1) is 15.3. The lowest BCUT2D eigenvalue weighted by molar-refractivity contribution is 0.0861. The number of aromatic amines is 1. The van der Waals surface area contributed by atoms with E-state index < -0.39 is 0 Å². The Labute approximate surface area is 140 Å². The molecular weight excluding hydrogens is 304 g/mol. The van der Waals surface area contributed by atoms with Crippen molar-refractivity contribution in [3.05, 3.63) is 35.7 Å². The number of aliphatic hydroxyl groups is 1. The second kappa shape index (κ2) is 6.02. The number of H-pyrrole nitrogens is 1. The van der Waals surface area contributed by atoms with Gasteiger partial charge in [0.2, 0.25) is 0 Å². The van der Waals surface area contributed by atoms with Gasteiger partial charge in [-0.1, -0.05) is 12.1 Å². The number of nitrogens with zero attached hydrogens (tertiary/aromatic N) is 2. The SMILES string of the molecule is Cc1nc(-c2ccc(C(=O)NC3C4CCC(C4)C3CO)cc2)n[nH]1. The number of hydrogen-bond acceptors (Lipinski definition) is 4. The third-order valence-electron chi connectivity index (χ3n) is 5.60. The van der Waals surface area contributed by atoms with Crippen LogP contribution in [0.15, 0.2) is 24.3 Å². The van der Waals surface area contributed by atoms with E-state index >= 15 is 0 Å². The first-order chi connectivity index (χ1) is 11.7. The molecule has 2 aliphatic carbocycles. The zero-order valence-electron chi connectivity index (χ0n) is 13.7. The summed E-state index contributed by atoms with van der Waals surface area (Å²) in [6.07, 6.45) is 3.49. The number of aliphatic hydroxyl groups excluding tert-OH is 1. The minimum Gasteiger partial charge on any atom is -0.396 e. The van der Waals surface area contributed by atoms with Gasteiger partial charge in [0, 0.05) is 29.7 Å². The van der Waals surface area contributed by atoms with E-state index in [0.29, 0.717) is 23.2 Å². The van der Waals surface area contributed by atoms with Crippen LogP contribution < -0.4 is 5.32 Å². The molecule has 0 spiro atoms. The van der Waals surface area contributed by atoms with Crippen LogP contribution in [0, 0.1) is 24.7 Å².